The number of anilines is 1. The molecule has 1 aromatic rings. The number of benzene rings is 1. The van der Waals surface area contributed by atoms with Crippen molar-refractivity contribution in [2.24, 2.45) is 10.7 Å². The lowest BCUT2D eigenvalue weighted by atomic mass is 10.1. The number of nitrogens with zero attached hydrogens (tertiary/aromatic N) is 3. The highest BCUT2D eigenvalue weighted by Gasteiger charge is 2.33. The van der Waals surface area contributed by atoms with E-state index in [1.165, 1.54) is 22.7 Å². The van der Waals surface area contributed by atoms with E-state index in [9.17, 15) is 17.2 Å². The van der Waals surface area contributed by atoms with Gasteiger partial charge in [-0.05, 0) is 25.0 Å². The molecule has 0 bridgehead atoms. The molecule has 0 amide bonds. The summed E-state index contributed by atoms with van der Waals surface area (Å²) >= 11 is 0. The lowest BCUT2D eigenvalue weighted by Gasteiger charge is -2.35. The summed E-state index contributed by atoms with van der Waals surface area (Å²) in [5, 5.41) is 2.50. The number of halogens is 3. The summed E-state index contributed by atoms with van der Waals surface area (Å²) in [5.41, 5.74) is 5.61. The number of hydrogen-bond donors (Lipinski definition) is 2. The van der Waals surface area contributed by atoms with E-state index in [2.05, 4.69) is 10.3 Å². The van der Waals surface area contributed by atoms with E-state index in [-0.39, 0.29) is 48.2 Å². The summed E-state index contributed by atoms with van der Waals surface area (Å²) in [4.78, 5) is 4.11. The van der Waals surface area contributed by atoms with Crippen LogP contribution in [0.15, 0.2) is 23.2 Å². The molecule has 1 aromatic carbocycles. The zero-order valence-electron chi connectivity index (χ0n) is 14.7. The molecule has 26 heavy (non-hydrogen) atoms. The van der Waals surface area contributed by atoms with Gasteiger partial charge >= 0.3 is 0 Å². The maximum atomic E-state index is 13.6. The van der Waals surface area contributed by atoms with Crippen molar-refractivity contribution >= 4 is 45.8 Å². The minimum atomic E-state index is -3.54. The van der Waals surface area contributed by atoms with Crippen LogP contribution in [0.1, 0.15) is 19.3 Å². The highest BCUT2D eigenvalue weighted by atomic mass is 127. The predicted molar refractivity (Wildman–Crippen MR) is 109 cm³/mol. The maximum absolute atomic E-state index is 13.6. The van der Waals surface area contributed by atoms with Crippen LogP contribution in [-0.4, -0.2) is 56.2 Å². The fourth-order valence-electron chi connectivity index (χ4n) is 2.64. The first-order valence-corrected chi connectivity index (χ1v) is 9.33. The second-order valence-corrected chi connectivity index (χ2v) is 8.12. The lowest BCUT2D eigenvalue weighted by molar-refractivity contribution is 0.245. The number of hydrogen-bond acceptors (Lipinski definition) is 3. The van der Waals surface area contributed by atoms with E-state index >= 15 is 0 Å². The summed E-state index contributed by atoms with van der Waals surface area (Å²) < 4.78 is 54.1. The van der Waals surface area contributed by atoms with Crippen LogP contribution >= 0.6 is 24.0 Å². The molecule has 1 unspecified atom stereocenters. The number of aliphatic imine (C=N–C) groups is 1. The molecule has 1 heterocycles. The quantitative estimate of drug-likeness (QED) is 0.365. The summed E-state index contributed by atoms with van der Waals surface area (Å²) in [7, 11) is -0.583. The van der Waals surface area contributed by atoms with Crippen LogP contribution in [0, 0.1) is 11.6 Å². The second-order valence-electron chi connectivity index (χ2n) is 6.03. The zero-order chi connectivity index (χ0) is 18.6. The Bertz CT molecular complexity index is 746. The molecule has 0 aromatic heterocycles. The fraction of sp³-hybridized carbons (Fsp3) is 0.533. The van der Waals surface area contributed by atoms with Crippen molar-refractivity contribution in [2.45, 2.75) is 25.3 Å². The molecule has 11 heteroatoms. The van der Waals surface area contributed by atoms with Crippen LogP contribution in [0.4, 0.5) is 14.5 Å². The zero-order valence-corrected chi connectivity index (χ0v) is 17.8. The molecule has 1 aliphatic heterocycles. The van der Waals surface area contributed by atoms with Gasteiger partial charge in [0, 0.05) is 32.7 Å². The Morgan fingerprint density at radius 2 is 2.08 bits per heavy atom. The minimum Gasteiger partial charge on any atom is -0.370 e. The van der Waals surface area contributed by atoms with Crippen LogP contribution in [0.2, 0.25) is 0 Å². The summed E-state index contributed by atoms with van der Waals surface area (Å²) in [6.45, 7) is 0.565. The molecule has 1 saturated heterocycles. The Hall–Kier alpha value is -1.05. The SMILES string of the molecule is CN(C)S(=O)(=O)N1CCCCC1CN=C(N)Nc1cc(F)ccc1F.I. The molecule has 0 spiro atoms. The normalized spacial score (nSPS) is 19.3. The van der Waals surface area contributed by atoms with Gasteiger partial charge in [-0.3, -0.25) is 4.99 Å². The van der Waals surface area contributed by atoms with E-state index < -0.39 is 21.8 Å². The van der Waals surface area contributed by atoms with Crippen molar-refractivity contribution in [1.82, 2.24) is 8.61 Å². The molecule has 3 N–H and O–H groups in total. The van der Waals surface area contributed by atoms with Crippen molar-refractivity contribution in [3.8, 4) is 0 Å². The van der Waals surface area contributed by atoms with Crippen LogP contribution in [0.3, 0.4) is 0 Å². The van der Waals surface area contributed by atoms with Gasteiger partial charge in [-0.1, -0.05) is 6.42 Å². The van der Waals surface area contributed by atoms with Gasteiger partial charge < -0.3 is 11.1 Å². The Balaban J connectivity index is 0.00000338. The number of nitrogens with two attached hydrogens (primary N) is 1. The standard InChI is InChI=1S/C15H23F2N5O2S.HI/c1-21(2)25(23,24)22-8-4-3-5-12(22)10-19-15(18)20-14-9-11(16)6-7-13(14)17;/h6-7,9,12H,3-5,8,10H2,1-2H3,(H3,18,19,20);1H. The van der Waals surface area contributed by atoms with E-state index in [0.717, 1.165) is 31.0 Å². The number of piperidine rings is 1. The van der Waals surface area contributed by atoms with E-state index in [1.807, 2.05) is 0 Å². The lowest BCUT2D eigenvalue weighted by Crippen LogP contribution is -2.50. The molecular weight excluding hydrogens is 479 g/mol. The van der Waals surface area contributed by atoms with Crippen LogP contribution < -0.4 is 11.1 Å². The molecule has 1 fully saturated rings. The second kappa shape index (κ2) is 9.76. The Morgan fingerprint density at radius 3 is 2.73 bits per heavy atom. The minimum absolute atomic E-state index is 0. The van der Waals surface area contributed by atoms with Gasteiger partial charge in [0.1, 0.15) is 11.6 Å². The highest BCUT2D eigenvalue weighted by molar-refractivity contribution is 14.0. The van der Waals surface area contributed by atoms with Crippen molar-refractivity contribution in [3.63, 3.8) is 0 Å². The van der Waals surface area contributed by atoms with Gasteiger partial charge in [0.25, 0.3) is 10.2 Å². The molecular formula is C15H24F2IN5O2S. The average molecular weight is 503 g/mol. The molecule has 0 radical (unpaired) electrons. The molecule has 1 atom stereocenters. The van der Waals surface area contributed by atoms with Gasteiger partial charge in [-0.2, -0.15) is 17.0 Å². The van der Waals surface area contributed by atoms with Gasteiger partial charge in [-0.25, -0.2) is 8.78 Å². The van der Waals surface area contributed by atoms with Crippen molar-refractivity contribution in [3.05, 3.63) is 29.8 Å². The first-order valence-electron chi connectivity index (χ1n) is 7.93. The predicted octanol–water partition coefficient (Wildman–Crippen LogP) is 1.97. The van der Waals surface area contributed by atoms with Crippen LogP contribution in [0.5, 0.6) is 0 Å². The maximum Gasteiger partial charge on any atom is 0.281 e. The van der Waals surface area contributed by atoms with Crippen molar-refractivity contribution < 1.29 is 17.2 Å². The van der Waals surface area contributed by atoms with Crippen LogP contribution in [0.25, 0.3) is 0 Å². The Kier molecular flexibility index (Phi) is 8.63. The van der Waals surface area contributed by atoms with Gasteiger partial charge in [0.05, 0.1) is 12.2 Å². The third kappa shape index (κ3) is 5.72. The monoisotopic (exact) mass is 503 g/mol. The largest absolute Gasteiger partial charge is 0.370 e. The first-order chi connectivity index (χ1) is 11.7. The Labute approximate surface area is 169 Å². The van der Waals surface area contributed by atoms with Gasteiger partial charge in [-0.15, -0.1) is 24.0 Å². The van der Waals surface area contributed by atoms with Crippen molar-refractivity contribution in [2.75, 3.05) is 32.5 Å². The molecule has 0 aliphatic carbocycles. The van der Waals surface area contributed by atoms with Crippen LogP contribution in [-0.2, 0) is 10.2 Å². The summed E-state index contributed by atoms with van der Waals surface area (Å²) in [6.07, 6.45) is 2.35. The molecule has 148 valence electrons. The third-order valence-electron chi connectivity index (χ3n) is 3.99. The highest BCUT2D eigenvalue weighted by Crippen LogP contribution is 2.22. The molecule has 7 nitrogen and oxygen atoms in total. The molecule has 0 saturated carbocycles. The van der Waals surface area contributed by atoms with Gasteiger partial charge in [0.2, 0.25) is 0 Å². The summed E-state index contributed by atoms with van der Waals surface area (Å²) in [5.74, 6) is -1.36. The third-order valence-corrected chi connectivity index (χ3v) is 5.99. The smallest absolute Gasteiger partial charge is 0.281 e. The average Bonchev–Trinajstić information content (AvgIpc) is 2.56. The first kappa shape index (κ1) is 23.0. The van der Waals surface area contributed by atoms with Crippen molar-refractivity contribution in [1.29, 1.82) is 0 Å². The van der Waals surface area contributed by atoms with E-state index in [4.69, 9.17) is 5.73 Å². The summed E-state index contributed by atoms with van der Waals surface area (Å²) in [6, 6.07) is 2.64. The topological polar surface area (TPSA) is 91.0 Å². The Morgan fingerprint density at radius 1 is 1.38 bits per heavy atom. The number of guanidine groups is 1. The molecule has 2 rings (SSSR count). The fourth-order valence-corrected chi connectivity index (χ4v) is 3.97. The van der Waals surface area contributed by atoms with E-state index in [0.29, 0.717) is 13.0 Å². The number of nitrogens with one attached hydrogen (secondary N) is 1. The van der Waals surface area contributed by atoms with E-state index in [1.54, 1.807) is 0 Å². The number of rotatable bonds is 5. The molecule has 1 aliphatic rings. The van der Waals surface area contributed by atoms with Gasteiger partial charge in [0.15, 0.2) is 5.96 Å².